The lowest BCUT2D eigenvalue weighted by Crippen LogP contribution is -2.24. The number of tetrazole rings is 1. The fourth-order valence-electron chi connectivity index (χ4n) is 1.28. The number of aromatic nitrogens is 4. The van der Waals surface area contributed by atoms with Crippen LogP contribution in [0.4, 0.5) is 0 Å². The van der Waals surface area contributed by atoms with Crippen LogP contribution in [0.15, 0.2) is 5.16 Å². The molecule has 1 aromatic rings. The first-order chi connectivity index (χ1) is 9.38. The van der Waals surface area contributed by atoms with Crippen LogP contribution in [-0.4, -0.2) is 77.7 Å². The minimum Gasteiger partial charge on any atom is -0.394 e. The van der Waals surface area contributed by atoms with E-state index < -0.39 is 0 Å². The van der Waals surface area contributed by atoms with E-state index in [9.17, 15) is 0 Å². The lowest BCUT2D eigenvalue weighted by Gasteiger charge is -2.06. The van der Waals surface area contributed by atoms with Gasteiger partial charge in [-0.25, -0.2) is 4.68 Å². The minimum atomic E-state index is 0.0511. The molecular formula is C10H21N5O3S. The number of hydrogen-bond acceptors (Lipinski definition) is 8. The van der Waals surface area contributed by atoms with Gasteiger partial charge in [-0.15, -0.1) is 5.10 Å². The summed E-state index contributed by atoms with van der Waals surface area (Å²) in [4.78, 5) is 0. The average molecular weight is 291 g/mol. The summed E-state index contributed by atoms with van der Waals surface area (Å²) in [7, 11) is 1.68. The Balaban J connectivity index is 2.15. The Bertz CT molecular complexity index is 297. The van der Waals surface area contributed by atoms with Gasteiger partial charge in [0, 0.05) is 26.0 Å². The maximum Gasteiger partial charge on any atom is 0.209 e. The van der Waals surface area contributed by atoms with E-state index in [0.29, 0.717) is 19.8 Å². The molecule has 0 aromatic carbocycles. The number of aliphatic hydroxyl groups is 1. The number of ether oxygens (including phenoxy) is 2. The third-order valence-corrected chi connectivity index (χ3v) is 3.10. The van der Waals surface area contributed by atoms with Crippen molar-refractivity contribution in [2.45, 2.75) is 11.7 Å². The average Bonchev–Trinajstić information content (AvgIpc) is 2.86. The largest absolute Gasteiger partial charge is 0.394 e. The van der Waals surface area contributed by atoms with Crippen LogP contribution in [0.5, 0.6) is 0 Å². The van der Waals surface area contributed by atoms with Gasteiger partial charge in [-0.1, -0.05) is 11.8 Å². The van der Waals surface area contributed by atoms with E-state index in [1.165, 1.54) is 0 Å². The molecule has 8 nitrogen and oxygen atoms in total. The van der Waals surface area contributed by atoms with Crippen molar-refractivity contribution in [2.24, 2.45) is 0 Å². The summed E-state index contributed by atoms with van der Waals surface area (Å²) in [6.45, 7) is 4.02. The number of aliphatic hydroxyl groups excluding tert-OH is 1. The maximum absolute atomic E-state index is 8.57. The Kier molecular flexibility index (Phi) is 9.55. The normalized spacial score (nSPS) is 11.1. The van der Waals surface area contributed by atoms with Crippen LogP contribution in [0, 0.1) is 0 Å². The first kappa shape index (κ1) is 16.3. The quantitative estimate of drug-likeness (QED) is 0.374. The predicted octanol–water partition coefficient (Wildman–Crippen LogP) is -0.990. The summed E-state index contributed by atoms with van der Waals surface area (Å²) in [6, 6.07) is 0. The van der Waals surface area contributed by atoms with Gasteiger partial charge >= 0.3 is 0 Å². The smallest absolute Gasteiger partial charge is 0.209 e. The van der Waals surface area contributed by atoms with Crippen molar-refractivity contribution < 1.29 is 14.6 Å². The Hall–Kier alpha value is -0.740. The summed E-state index contributed by atoms with van der Waals surface area (Å²) < 4.78 is 11.9. The molecule has 0 atom stereocenters. The minimum absolute atomic E-state index is 0.0511. The van der Waals surface area contributed by atoms with E-state index in [1.807, 2.05) is 0 Å². The van der Waals surface area contributed by atoms with Gasteiger partial charge in [-0.2, -0.15) is 0 Å². The van der Waals surface area contributed by atoms with E-state index >= 15 is 0 Å². The second kappa shape index (κ2) is 11.1. The molecule has 0 aliphatic rings. The molecule has 0 amide bonds. The topological polar surface area (TPSA) is 94.3 Å². The fourth-order valence-corrected chi connectivity index (χ4v) is 2.04. The van der Waals surface area contributed by atoms with Crippen molar-refractivity contribution in [3.8, 4) is 0 Å². The van der Waals surface area contributed by atoms with Gasteiger partial charge in [0.25, 0.3) is 0 Å². The molecule has 9 heteroatoms. The number of rotatable bonds is 12. The molecule has 0 unspecified atom stereocenters. The van der Waals surface area contributed by atoms with Gasteiger partial charge in [0.2, 0.25) is 5.16 Å². The highest BCUT2D eigenvalue weighted by Crippen LogP contribution is 2.12. The molecule has 2 N–H and O–H groups in total. The Morgan fingerprint density at radius 3 is 3.00 bits per heavy atom. The molecule has 110 valence electrons. The van der Waals surface area contributed by atoms with Gasteiger partial charge in [0.05, 0.1) is 33.0 Å². The molecular weight excluding hydrogens is 270 g/mol. The highest BCUT2D eigenvalue weighted by Gasteiger charge is 2.05. The van der Waals surface area contributed by atoms with E-state index in [0.717, 1.165) is 30.5 Å². The second-order valence-electron chi connectivity index (χ2n) is 3.61. The fraction of sp³-hybridized carbons (Fsp3) is 0.900. The van der Waals surface area contributed by atoms with E-state index in [1.54, 1.807) is 23.6 Å². The van der Waals surface area contributed by atoms with E-state index in [4.69, 9.17) is 14.6 Å². The molecule has 0 saturated heterocycles. The Morgan fingerprint density at radius 1 is 1.32 bits per heavy atom. The van der Waals surface area contributed by atoms with Crippen LogP contribution in [0.3, 0.4) is 0 Å². The molecule has 0 bridgehead atoms. The summed E-state index contributed by atoms with van der Waals surface area (Å²) in [5.74, 6) is 0.761. The molecule has 0 aliphatic carbocycles. The number of nitrogens with zero attached hydrogens (tertiary/aromatic N) is 4. The zero-order valence-corrected chi connectivity index (χ0v) is 11.9. The zero-order valence-electron chi connectivity index (χ0n) is 11.1. The van der Waals surface area contributed by atoms with Gasteiger partial charge in [-0.3, -0.25) is 0 Å². The molecule has 1 rings (SSSR count). The summed E-state index contributed by atoms with van der Waals surface area (Å²) in [6.07, 6.45) is 0. The summed E-state index contributed by atoms with van der Waals surface area (Å²) in [5.41, 5.74) is 0. The molecule has 0 radical (unpaired) electrons. The van der Waals surface area contributed by atoms with Crippen LogP contribution < -0.4 is 5.32 Å². The van der Waals surface area contributed by atoms with Gasteiger partial charge < -0.3 is 19.9 Å². The molecule has 0 fully saturated rings. The predicted molar refractivity (Wildman–Crippen MR) is 71.2 cm³/mol. The second-order valence-corrected chi connectivity index (χ2v) is 4.67. The zero-order chi connectivity index (χ0) is 13.8. The molecule has 1 aromatic heterocycles. The van der Waals surface area contributed by atoms with Crippen molar-refractivity contribution in [2.75, 3.05) is 52.4 Å². The Morgan fingerprint density at radius 2 is 2.21 bits per heavy atom. The van der Waals surface area contributed by atoms with Crippen LogP contribution >= 0.6 is 11.8 Å². The van der Waals surface area contributed by atoms with Gasteiger partial charge in [0.1, 0.15) is 0 Å². The molecule has 0 spiro atoms. The highest BCUT2D eigenvalue weighted by atomic mass is 32.2. The van der Waals surface area contributed by atoms with Crippen molar-refractivity contribution in [1.29, 1.82) is 0 Å². The monoisotopic (exact) mass is 291 g/mol. The summed E-state index contributed by atoms with van der Waals surface area (Å²) >= 11 is 1.54. The molecule has 1 heterocycles. The number of methoxy groups -OCH3 is 1. The van der Waals surface area contributed by atoms with Crippen LogP contribution in [0.25, 0.3) is 0 Å². The number of hydrogen-bond donors (Lipinski definition) is 2. The highest BCUT2D eigenvalue weighted by molar-refractivity contribution is 7.99. The maximum atomic E-state index is 8.57. The summed E-state index contributed by atoms with van der Waals surface area (Å²) in [5, 5.41) is 24.1. The van der Waals surface area contributed by atoms with Crippen LogP contribution in [0.2, 0.25) is 0 Å². The van der Waals surface area contributed by atoms with Crippen molar-refractivity contribution in [3.63, 3.8) is 0 Å². The molecule has 0 aliphatic heterocycles. The van der Waals surface area contributed by atoms with Crippen LogP contribution in [-0.2, 0) is 16.0 Å². The lowest BCUT2D eigenvalue weighted by atomic mass is 10.6. The first-order valence-electron chi connectivity index (χ1n) is 6.15. The van der Waals surface area contributed by atoms with E-state index in [-0.39, 0.29) is 6.61 Å². The standard InChI is InChI=1S/C10H21N5O3S/c1-17-6-3-11-2-4-15-10(12-13-14-15)19-9-8-18-7-5-16/h11,16H,2-9H2,1H3. The van der Waals surface area contributed by atoms with E-state index in [2.05, 4.69) is 20.8 Å². The number of nitrogens with one attached hydrogen (secondary N) is 1. The lowest BCUT2D eigenvalue weighted by molar-refractivity contribution is 0.103. The van der Waals surface area contributed by atoms with Gasteiger partial charge in [-0.05, 0) is 10.4 Å². The Labute approximate surface area is 116 Å². The van der Waals surface area contributed by atoms with Crippen LogP contribution in [0.1, 0.15) is 0 Å². The van der Waals surface area contributed by atoms with Gasteiger partial charge in [0.15, 0.2) is 0 Å². The first-order valence-corrected chi connectivity index (χ1v) is 7.14. The SMILES string of the molecule is COCCNCCn1nnnc1SCCOCCO. The van der Waals surface area contributed by atoms with Crippen molar-refractivity contribution >= 4 is 11.8 Å². The van der Waals surface area contributed by atoms with Crippen molar-refractivity contribution in [3.05, 3.63) is 0 Å². The molecule has 19 heavy (non-hydrogen) atoms. The number of thioether (sulfide) groups is 1. The molecule has 0 saturated carbocycles. The third-order valence-electron chi connectivity index (χ3n) is 2.18. The third kappa shape index (κ3) is 7.43. The van der Waals surface area contributed by atoms with Crippen molar-refractivity contribution in [1.82, 2.24) is 25.5 Å².